The van der Waals surface area contributed by atoms with Crippen molar-refractivity contribution in [2.24, 2.45) is 0 Å². The summed E-state index contributed by atoms with van der Waals surface area (Å²) in [6, 6.07) is 7.34. The van der Waals surface area contributed by atoms with Crippen LogP contribution in [-0.4, -0.2) is 42.6 Å². The molecule has 8 heteroatoms. The van der Waals surface area contributed by atoms with Gasteiger partial charge in [-0.05, 0) is 22.6 Å². The standard InChI is InChI=1S/C10H8N6O2/c17-8(18)5-11-9-10-13-14-15-16(10)7-4-2-1-3-6(7)12-9/h1-4H,5H2,(H,11,12)(H,17,18). The van der Waals surface area contributed by atoms with Gasteiger partial charge >= 0.3 is 5.97 Å². The molecule has 0 radical (unpaired) electrons. The summed E-state index contributed by atoms with van der Waals surface area (Å²) in [7, 11) is 0. The number of hydrogen-bond acceptors (Lipinski definition) is 6. The van der Waals surface area contributed by atoms with Gasteiger partial charge in [0.2, 0.25) is 5.65 Å². The number of carboxylic acids is 1. The Hall–Kier alpha value is -2.77. The van der Waals surface area contributed by atoms with Crippen LogP contribution in [0.1, 0.15) is 0 Å². The molecular weight excluding hydrogens is 236 g/mol. The number of rotatable bonds is 3. The van der Waals surface area contributed by atoms with E-state index in [2.05, 4.69) is 25.8 Å². The van der Waals surface area contributed by atoms with Crippen LogP contribution in [0.25, 0.3) is 16.7 Å². The van der Waals surface area contributed by atoms with Gasteiger partial charge in [0, 0.05) is 0 Å². The van der Waals surface area contributed by atoms with Crippen molar-refractivity contribution in [2.45, 2.75) is 0 Å². The number of tetrazole rings is 1. The normalized spacial score (nSPS) is 10.9. The summed E-state index contributed by atoms with van der Waals surface area (Å²) in [6.45, 7) is -0.242. The predicted octanol–water partition coefficient (Wildman–Crippen LogP) is 0.169. The highest BCUT2D eigenvalue weighted by molar-refractivity contribution is 5.83. The topological polar surface area (TPSA) is 105 Å². The lowest BCUT2D eigenvalue weighted by atomic mass is 10.3. The zero-order chi connectivity index (χ0) is 12.5. The van der Waals surface area contributed by atoms with Gasteiger partial charge in [-0.3, -0.25) is 4.79 Å². The van der Waals surface area contributed by atoms with Gasteiger partial charge in [-0.25, -0.2) is 4.98 Å². The number of fused-ring (bicyclic) bond motifs is 3. The van der Waals surface area contributed by atoms with Gasteiger partial charge in [0.1, 0.15) is 6.54 Å². The second-order valence-corrected chi connectivity index (χ2v) is 3.61. The highest BCUT2D eigenvalue weighted by Gasteiger charge is 2.11. The highest BCUT2D eigenvalue weighted by Crippen LogP contribution is 2.18. The van der Waals surface area contributed by atoms with Crippen LogP contribution in [0.5, 0.6) is 0 Å². The lowest BCUT2D eigenvalue weighted by Gasteiger charge is -2.05. The fourth-order valence-corrected chi connectivity index (χ4v) is 1.68. The van der Waals surface area contributed by atoms with Crippen molar-refractivity contribution < 1.29 is 9.90 Å². The second-order valence-electron chi connectivity index (χ2n) is 3.61. The Morgan fingerprint density at radius 2 is 2.22 bits per heavy atom. The third-order valence-electron chi connectivity index (χ3n) is 2.43. The van der Waals surface area contributed by atoms with E-state index in [0.29, 0.717) is 17.0 Å². The number of benzene rings is 1. The van der Waals surface area contributed by atoms with Crippen LogP contribution >= 0.6 is 0 Å². The molecule has 3 rings (SSSR count). The minimum atomic E-state index is -0.976. The number of anilines is 1. The first kappa shape index (κ1) is 10.4. The Labute approximate surface area is 100 Å². The van der Waals surface area contributed by atoms with E-state index in [4.69, 9.17) is 5.11 Å². The molecule has 0 saturated carbocycles. The van der Waals surface area contributed by atoms with E-state index < -0.39 is 5.97 Å². The molecule has 0 amide bonds. The van der Waals surface area contributed by atoms with Crippen LogP contribution < -0.4 is 5.32 Å². The van der Waals surface area contributed by atoms with E-state index in [-0.39, 0.29) is 6.54 Å². The molecule has 0 atom stereocenters. The average molecular weight is 244 g/mol. The first-order valence-corrected chi connectivity index (χ1v) is 5.18. The lowest BCUT2D eigenvalue weighted by molar-refractivity contribution is -0.134. The van der Waals surface area contributed by atoms with Gasteiger partial charge < -0.3 is 10.4 Å². The molecule has 0 aliphatic heterocycles. The summed E-state index contributed by atoms with van der Waals surface area (Å²) in [5, 5.41) is 22.6. The smallest absolute Gasteiger partial charge is 0.322 e. The van der Waals surface area contributed by atoms with Crippen LogP contribution in [0.2, 0.25) is 0 Å². The summed E-state index contributed by atoms with van der Waals surface area (Å²) >= 11 is 0. The molecule has 2 N–H and O–H groups in total. The molecule has 2 aromatic heterocycles. The number of nitrogens with one attached hydrogen (secondary N) is 1. The summed E-state index contributed by atoms with van der Waals surface area (Å²) in [4.78, 5) is 14.9. The first-order chi connectivity index (χ1) is 8.75. The van der Waals surface area contributed by atoms with Crippen molar-refractivity contribution in [1.82, 2.24) is 25.0 Å². The van der Waals surface area contributed by atoms with Crippen LogP contribution in [0, 0.1) is 0 Å². The number of nitrogens with zero attached hydrogens (tertiary/aromatic N) is 5. The molecule has 3 aromatic rings. The van der Waals surface area contributed by atoms with Crippen molar-refractivity contribution in [3.8, 4) is 0 Å². The molecule has 0 bridgehead atoms. The van der Waals surface area contributed by atoms with Crippen LogP contribution in [0.3, 0.4) is 0 Å². The zero-order valence-electron chi connectivity index (χ0n) is 9.11. The number of para-hydroxylation sites is 2. The average Bonchev–Trinajstić information content (AvgIpc) is 2.85. The molecule has 18 heavy (non-hydrogen) atoms. The van der Waals surface area contributed by atoms with Crippen LogP contribution in [-0.2, 0) is 4.79 Å². The van der Waals surface area contributed by atoms with Gasteiger partial charge in [-0.2, -0.15) is 4.52 Å². The maximum atomic E-state index is 10.6. The fourth-order valence-electron chi connectivity index (χ4n) is 1.68. The molecule has 0 aliphatic rings. The SMILES string of the molecule is O=C(O)CNc1nc2ccccc2n2nnnc12. The number of aromatic nitrogens is 5. The van der Waals surface area contributed by atoms with E-state index in [9.17, 15) is 4.79 Å². The minimum absolute atomic E-state index is 0.242. The van der Waals surface area contributed by atoms with E-state index in [1.165, 1.54) is 4.52 Å². The molecule has 8 nitrogen and oxygen atoms in total. The van der Waals surface area contributed by atoms with Gasteiger partial charge in [0.25, 0.3) is 0 Å². The Morgan fingerprint density at radius 1 is 1.39 bits per heavy atom. The molecule has 0 aliphatic carbocycles. The van der Waals surface area contributed by atoms with E-state index in [1.807, 2.05) is 24.3 Å². The first-order valence-electron chi connectivity index (χ1n) is 5.18. The van der Waals surface area contributed by atoms with Crippen molar-refractivity contribution >= 4 is 28.5 Å². The molecule has 0 saturated heterocycles. The van der Waals surface area contributed by atoms with Crippen molar-refractivity contribution in [2.75, 3.05) is 11.9 Å². The van der Waals surface area contributed by atoms with Crippen LogP contribution in [0.15, 0.2) is 24.3 Å². The third-order valence-corrected chi connectivity index (χ3v) is 2.43. The fraction of sp³-hybridized carbons (Fsp3) is 0.100. The largest absolute Gasteiger partial charge is 0.480 e. The molecule has 2 heterocycles. The molecule has 90 valence electrons. The molecule has 0 unspecified atom stereocenters. The van der Waals surface area contributed by atoms with Gasteiger partial charge in [0.15, 0.2) is 5.82 Å². The highest BCUT2D eigenvalue weighted by atomic mass is 16.4. The summed E-state index contributed by atoms with van der Waals surface area (Å²) in [5.41, 5.74) is 1.85. The predicted molar refractivity (Wildman–Crippen MR) is 62.2 cm³/mol. The molecular formula is C10H8N6O2. The van der Waals surface area contributed by atoms with Gasteiger partial charge in [-0.1, -0.05) is 12.1 Å². The number of hydrogen-bond donors (Lipinski definition) is 2. The maximum Gasteiger partial charge on any atom is 0.322 e. The summed E-state index contributed by atoms with van der Waals surface area (Å²) in [5.74, 6) is -0.628. The van der Waals surface area contributed by atoms with Gasteiger partial charge in [-0.15, -0.1) is 5.10 Å². The number of carboxylic acid groups (broad SMARTS) is 1. The lowest BCUT2D eigenvalue weighted by Crippen LogP contribution is -2.14. The zero-order valence-corrected chi connectivity index (χ0v) is 9.11. The molecule has 0 spiro atoms. The molecule has 0 fully saturated rings. The van der Waals surface area contributed by atoms with E-state index >= 15 is 0 Å². The Balaban J connectivity index is 2.22. The van der Waals surface area contributed by atoms with Crippen molar-refractivity contribution in [3.63, 3.8) is 0 Å². The van der Waals surface area contributed by atoms with E-state index in [1.54, 1.807) is 0 Å². The monoisotopic (exact) mass is 244 g/mol. The maximum absolute atomic E-state index is 10.6. The summed E-state index contributed by atoms with van der Waals surface area (Å²) in [6.07, 6.45) is 0. The minimum Gasteiger partial charge on any atom is -0.480 e. The van der Waals surface area contributed by atoms with Crippen LogP contribution in [0.4, 0.5) is 5.82 Å². The van der Waals surface area contributed by atoms with Gasteiger partial charge in [0.05, 0.1) is 11.0 Å². The number of carbonyl (C=O) groups is 1. The Bertz CT molecular complexity index is 737. The Kier molecular flexibility index (Phi) is 2.26. The molecule has 1 aromatic carbocycles. The number of aliphatic carboxylic acids is 1. The second kappa shape index (κ2) is 3.91. The summed E-state index contributed by atoms with van der Waals surface area (Å²) < 4.78 is 1.52. The third kappa shape index (κ3) is 1.59. The van der Waals surface area contributed by atoms with E-state index in [0.717, 1.165) is 5.52 Å². The van der Waals surface area contributed by atoms with Crippen molar-refractivity contribution in [3.05, 3.63) is 24.3 Å². The Morgan fingerprint density at radius 3 is 3.06 bits per heavy atom. The van der Waals surface area contributed by atoms with Crippen molar-refractivity contribution in [1.29, 1.82) is 0 Å². The quantitative estimate of drug-likeness (QED) is 0.676.